The zero-order valence-corrected chi connectivity index (χ0v) is 12.3. The van der Waals surface area contributed by atoms with Crippen molar-refractivity contribution < 1.29 is 0 Å². The van der Waals surface area contributed by atoms with Gasteiger partial charge in [0.05, 0.1) is 11.2 Å². The summed E-state index contributed by atoms with van der Waals surface area (Å²) in [6.45, 7) is 4.30. The van der Waals surface area contributed by atoms with E-state index in [1.807, 2.05) is 0 Å². The van der Waals surface area contributed by atoms with E-state index in [4.69, 9.17) is 4.98 Å². The summed E-state index contributed by atoms with van der Waals surface area (Å²) in [4.78, 5) is 4.89. The molecule has 5 rings (SSSR count). The van der Waals surface area contributed by atoms with E-state index in [9.17, 15) is 0 Å². The lowest BCUT2D eigenvalue weighted by atomic mass is 9.96. The number of fused-ring (bicyclic) bond motifs is 3. The molecular weight excluding hydrogens is 256 g/mol. The first kappa shape index (κ1) is 11.3. The van der Waals surface area contributed by atoms with Crippen molar-refractivity contribution in [3.63, 3.8) is 0 Å². The molecule has 0 saturated carbocycles. The van der Waals surface area contributed by atoms with Gasteiger partial charge >= 0.3 is 0 Å². The van der Waals surface area contributed by atoms with E-state index in [0.29, 0.717) is 0 Å². The Balaban J connectivity index is 2.23. The third-order valence-corrected chi connectivity index (χ3v) is 4.85. The molecule has 0 saturated heterocycles. The molecule has 0 amide bonds. The summed E-state index contributed by atoms with van der Waals surface area (Å²) in [6, 6.07) is 13.4. The van der Waals surface area contributed by atoms with Crippen LogP contribution in [-0.4, -0.2) is 9.38 Å². The predicted octanol–water partition coefficient (Wildman–Crippen LogP) is 4.36. The summed E-state index contributed by atoms with van der Waals surface area (Å²) in [5, 5.41) is 3.95. The minimum absolute atomic E-state index is 1.09. The van der Waals surface area contributed by atoms with Gasteiger partial charge in [0, 0.05) is 16.5 Å². The second kappa shape index (κ2) is 3.64. The van der Waals surface area contributed by atoms with Crippen molar-refractivity contribution in [3.8, 4) is 0 Å². The van der Waals surface area contributed by atoms with Crippen LogP contribution in [0.2, 0.25) is 0 Å². The number of imidazole rings is 1. The number of benzene rings is 2. The van der Waals surface area contributed by atoms with Gasteiger partial charge in [-0.3, -0.25) is 4.40 Å². The van der Waals surface area contributed by atoms with Gasteiger partial charge in [0.2, 0.25) is 0 Å². The van der Waals surface area contributed by atoms with Crippen LogP contribution >= 0.6 is 0 Å². The highest BCUT2D eigenvalue weighted by Crippen LogP contribution is 2.36. The number of para-hydroxylation sites is 1. The van der Waals surface area contributed by atoms with Gasteiger partial charge < -0.3 is 0 Å². The summed E-state index contributed by atoms with van der Waals surface area (Å²) in [5.74, 6) is 0. The molecule has 0 bridgehead atoms. The van der Waals surface area contributed by atoms with Crippen molar-refractivity contribution in [3.05, 3.63) is 58.9 Å². The monoisotopic (exact) mass is 272 g/mol. The van der Waals surface area contributed by atoms with E-state index < -0.39 is 0 Å². The highest BCUT2D eigenvalue weighted by Gasteiger charge is 2.21. The molecule has 21 heavy (non-hydrogen) atoms. The Morgan fingerprint density at radius 3 is 2.76 bits per heavy atom. The fourth-order valence-corrected chi connectivity index (χ4v) is 3.88. The van der Waals surface area contributed by atoms with Crippen LogP contribution in [0.25, 0.3) is 27.3 Å². The van der Waals surface area contributed by atoms with Crippen LogP contribution in [0.15, 0.2) is 36.4 Å². The first-order valence-electron chi connectivity index (χ1n) is 7.56. The van der Waals surface area contributed by atoms with Crippen molar-refractivity contribution in [1.82, 2.24) is 9.38 Å². The summed E-state index contributed by atoms with van der Waals surface area (Å²) in [7, 11) is 0. The molecular formula is C19H16N2. The molecule has 1 aliphatic heterocycles. The van der Waals surface area contributed by atoms with Gasteiger partial charge in [-0.15, -0.1) is 0 Å². The minimum Gasteiger partial charge on any atom is -0.296 e. The fraction of sp³-hybridized carbons (Fsp3) is 0.211. The molecule has 0 unspecified atom stereocenters. The Bertz CT molecular complexity index is 1050. The van der Waals surface area contributed by atoms with Crippen molar-refractivity contribution >= 4 is 27.3 Å². The lowest BCUT2D eigenvalue weighted by molar-refractivity contribution is 0.866. The normalized spacial score (nSPS) is 13.8. The highest BCUT2D eigenvalue weighted by atomic mass is 15.0. The van der Waals surface area contributed by atoms with Crippen LogP contribution in [0.3, 0.4) is 0 Å². The number of hydrogen-bond acceptors (Lipinski definition) is 1. The molecule has 1 aliphatic rings. The van der Waals surface area contributed by atoms with Crippen LogP contribution in [0.1, 0.15) is 22.5 Å². The lowest BCUT2D eigenvalue weighted by Crippen LogP contribution is -2.07. The summed E-state index contributed by atoms with van der Waals surface area (Å²) in [6.07, 6.45) is 2.22. The average Bonchev–Trinajstić information content (AvgIpc) is 2.84. The zero-order valence-electron chi connectivity index (χ0n) is 12.3. The van der Waals surface area contributed by atoms with Crippen molar-refractivity contribution in [2.75, 3.05) is 0 Å². The maximum Gasteiger partial charge on any atom is 0.145 e. The second-order valence-corrected chi connectivity index (χ2v) is 6.17. The van der Waals surface area contributed by atoms with Gasteiger partial charge in [-0.25, -0.2) is 4.98 Å². The maximum atomic E-state index is 4.89. The molecule has 0 atom stereocenters. The Hall–Kier alpha value is -2.35. The first-order valence-corrected chi connectivity index (χ1v) is 7.56. The number of hydrogen-bond donors (Lipinski definition) is 0. The summed E-state index contributed by atoms with van der Waals surface area (Å²) in [5.41, 5.74) is 7.81. The SMILES string of the molecule is Cc1ccc2c(c1)c1cccc3c1n1c(c(C)nc21)CC3. The maximum absolute atomic E-state index is 4.89. The first-order chi connectivity index (χ1) is 10.2. The largest absolute Gasteiger partial charge is 0.296 e. The van der Waals surface area contributed by atoms with Gasteiger partial charge in [0.1, 0.15) is 5.65 Å². The number of nitrogens with zero attached hydrogens (tertiary/aromatic N) is 2. The molecule has 0 spiro atoms. The molecule has 2 aromatic heterocycles. The van der Waals surface area contributed by atoms with Crippen LogP contribution in [0.5, 0.6) is 0 Å². The molecule has 3 heterocycles. The van der Waals surface area contributed by atoms with Crippen LogP contribution in [-0.2, 0) is 12.8 Å². The quantitative estimate of drug-likeness (QED) is 0.435. The fourth-order valence-electron chi connectivity index (χ4n) is 3.88. The standard InChI is InChI=1S/C19H16N2/c1-11-6-8-15-16(10-11)14-5-3-4-13-7-9-17-12(2)20-19(15)21(17)18(13)14/h3-6,8,10H,7,9H2,1-2H3. The van der Waals surface area contributed by atoms with Gasteiger partial charge in [-0.2, -0.15) is 0 Å². The Morgan fingerprint density at radius 1 is 0.952 bits per heavy atom. The van der Waals surface area contributed by atoms with Crippen LogP contribution < -0.4 is 0 Å². The van der Waals surface area contributed by atoms with Crippen molar-refractivity contribution in [2.24, 2.45) is 0 Å². The molecule has 102 valence electrons. The molecule has 0 aliphatic carbocycles. The Morgan fingerprint density at radius 2 is 1.86 bits per heavy atom. The molecule has 0 N–H and O–H groups in total. The molecule has 4 aromatic rings. The Labute approximate surface area is 123 Å². The number of aromatic nitrogens is 2. The van der Waals surface area contributed by atoms with E-state index in [2.05, 4.69) is 54.6 Å². The van der Waals surface area contributed by atoms with Crippen LogP contribution in [0, 0.1) is 13.8 Å². The van der Waals surface area contributed by atoms with Gasteiger partial charge in [-0.1, -0.05) is 42.0 Å². The van der Waals surface area contributed by atoms with E-state index in [0.717, 1.165) is 18.5 Å². The zero-order chi connectivity index (χ0) is 14.1. The topological polar surface area (TPSA) is 17.3 Å². The predicted molar refractivity (Wildman–Crippen MR) is 87.1 cm³/mol. The molecule has 2 aromatic carbocycles. The average molecular weight is 272 g/mol. The number of pyridine rings is 1. The van der Waals surface area contributed by atoms with Gasteiger partial charge in [0.25, 0.3) is 0 Å². The van der Waals surface area contributed by atoms with Crippen molar-refractivity contribution in [1.29, 1.82) is 0 Å². The summed E-state index contributed by atoms with van der Waals surface area (Å²) >= 11 is 0. The summed E-state index contributed by atoms with van der Waals surface area (Å²) < 4.78 is 2.40. The third-order valence-electron chi connectivity index (χ3n) is 4.85. The molecule has 0 radical (unpaired) electrons. The van der Waals surface area contributed by atoms with E-state index in [1.165, 1.54) is 44.2 Å². The van der Waals surface area contributed by atoms with Crippen molar-refractivity contribution in [2.45, 2.75) is 26.7 Å². The second-order valence-electron chi connectivity index (χ2n) is 6.17. The van der Waals surface area contributed by atoms with E-state index in [1.54, 1.807) is 0 Å². The lowest BCUT2D eigenvalue weighted by Gasteiger charge is -2.18. The molecule has 0 fully saturated rings. The molecule has 2 nitrogen and oxygen atoms in total. The molecule has 2 heteroatoms. The third kappa shape index (κ3) is 1.30. The highest BCUT2D eigenvalue weighted by molar-refractivity contribution is 6.13. The minimum atomic E-state index is 1.09. The number of aryl methyl sites for hydroxylation is 4. The Kier molecular flexibility index (Phi) is 1.96. The van der Waals surface area contributed by atoms with Gasteiger partial charge in [0.15, 0.2) is 0 Å². The number of rotatable bonds is 0. The van der Waals surface area contributed by atoms with Gasteiger partial charge in [-0.05, 0) is 37.6 Å². The van der Waals surface area contributed by atoms with Crippen LogP contribution in [0.4, 0.5) is 0 Å². The van der Waals surface area contributed by atoms with E-state index in [-0.39, 0.29) is 0 Å². The van der Waals surface area contributed by atoms with E-state index >= 15 is 0 Å². The smallest absolute Gasteiger partial charge is 0.145 e.